The zero-order valence-electron chi connectivity index (χ0n) is 11.5. The van der Waals surface area contributed by atoms with Gasteiger partial charge in [0.05, 0.1) is 0 Å². The van der Waals surface area contributed by atoms with Gasteiger partial charge in [0.25, 0.3) is 0 Å². The highest BCUT2D eigenvalue weighted by atomic mass is 32.2. The van der Waals surface area contributed by atoms with Crippen LogP contribution in [-0.2, 0) is 4.79 Å². The molecule has 0 bridgehead atoms. The van der Waals surface area contributed by atoms with Crippen LogP contribution in [0, 0.1) is 5.82 Å². The van der Waals surface area contributed by atoms with E-state index in [-0.39, 0.29) is 0 Å². The third-order valence-corrected chi connectivity index (χ3v) is 4.41. The van der Waals surface area contributed by atoms with Gasteiger partial charge >= 0.3 is 5.97 Å². The van der Waals surface area contributed by atoms with Crippen molar-refractivity contribution in [2.45, 2.75) is 24.3 Å². The molecule has 0 spiro atoms. The lowest BCUT2D eigenvalue weighted by Gasteiger charge is -2.37. The van der Waals surface area contributed by atoms with Gasteiger partial charge in [0.15, 0.2) is 0 Å². The molecule has 2 rings (SSSR count). The fourth-order valence-electron chi connectivity index (χ4n) is 2.50. The van der Waals surface area contributed by atoms with Crippen molar-refractivity contribution in [3.05, 3.63) is 35.7 Å². The van der Waals surface area contributed by atoms with Gasteiger partial charge in [0, 0.05) is 40.9 Å². The van der Waals surface area contributed by atoms with Gasteiger partial charge < -0.3 is 10.0 Å². The predicted octanol–water partition coefficient (Wildman–Crippen LogP) is 3.25. The Bertz CT molecular complexity index is 523. The number of anilines is 1. The highest BCUT2D eigenvalue weighted by Gasteiger charge is 2.24. The zero-order chi connectivity index (χ0) is 14.7. The minimum atomic E-state index is -1.07. The van der Waals surface area contributed by atoms with E-state index in [4.69, 9.17) is 5.11 Å². The molecule has 1 aromatic rings. The number of halogens is 1. The second-order valence-corrected chi connectivity index (χ2v) is 6.89. The summed E-state index contributed by atoms with van der Waals surface area (Å²) in [5.74, 6) is -1.46. The predicted molar refractivity (Wildman–Crippen MR) is 81.8 cm³/mol. The molecule has 0 amide bonds. The summed E-state index contributed by atoms with van der Waals surface area (Å²) in [5.41, 5.74) is 1.11. The van der Waals surface area contributed by atoms with Crippen LogP contribution in [0.15, 0.2) is 24.3 Å². The lowest BCUT2D eigenvalue weighted by molar-refractivity contribution is -0.131. The van der Waals surface area contributed by atoms with Crippen LogP contribution in [0.1, 0.15) is 19.4 Å². The molecule has 1 saturated heterocycles. The number of rotatable bonds is 3. The van der Waals surface area contributed by atoms with E-state index in [1.807, 2.05) is 17.8 Å². The van der Waals surface area contributed by atoms with E-state index in [9.17, 15) is 9.18 Å². The molecule has 1 aromatic carbocycles. The molecule has 3 nitrogen and oxygen atoms in total. The maximum atomic E-state index is 14.0. The Hall–Kier alpha value is -1.49. The first kappa shape index (κ1) is 14.9. The number of carboxylic acid groups (broad SMARTS) is 1. The average Bonchev–Trinajstić information content (AvgIpc) is 2.35. The number of hydrogen-bond donors (Lipinski definition) is 1. The van der Waals surface area contributed by atoms with Gasteiger partial charge in [-0.3, -0.25) is 0 Å². The maximum Gasteiger partial charge on any atom is 0.328 e. The number of benzene rings is 1. The first-order chi connectivity index (χ1) is 9.47. The Morgan fingerprint density at radius 1 is 1.40 bits per heavy atom. The van der Waals surface area contributed by atoms with Gasteiger partial charge in [-0.15, -0.1) is 0 Å². The average molecular weight is 295 g/mol. The summed E-state index contributed by atoms with van der Waals surface area (Å²) in [6.45, 7) is 5.98. The molecule has 2 unspecified atom stereocenters. The van der Waals surface area contributed by atoms with Crippen molar-refractivity contribution < 1.29 is 14.3 Å². The number of carbonyl (C=O) groups is 1. The summed E-state index contributed by atoms with van der Waals surface area (Å²) in [5, 5.41) is 9.67. The van der Waals surface area contributed by atoms with Crippen LogP contribution in [0.4, 0.5) is 10.1 Å². The molecule has 1 fully saturated rings. The molecule has 2 atom stereocenters. The third kappa shape index (κ3) is 3.54. The van der Waals surface area contributed by atoms with Crippen LogP contribution in [-0.4, -0.2) is 34.7 Å². The summed E-state index contributed by atoms with van der Waals surface area (Å²) in [6.07, 6.45) is 2.32. The molecule has 1 aliphatic rings. The number of thioether (sulfide) groups is 1. The second-order valence-electron chi connectivity index (χ2n) is 5.01. The zero-order valence-corrected chi connectivity index (χ0v) is 12.4. The molecule has 108 valence electrons. The second kappa shape index (κ2) is 6.31. The van der Waals surface area contributed by atoms with Crippen molar-refractivity contribution in [2.75, 3.05) is 18.0 Å². The van der Waals surface area contributed by atoms with E-state index in [0.717, 1.165) is 24.9 Å². The van der Waals surface area contributed by atoms with Crippen LogP contribution >= 0.6 is 11.8 Å². The van der Waals surface area contributed by atoms with Gasteiger partial charge in [0.1, 0.15) is 5.82 Å². The van der Waals surface area contributed by atoms with E-state index >= 15 is 0 Å². The fourth-order valence-corrected chi connectivity index (χ4v) is 3.82. The van der Waals surface area contributed by atoms with E-state index in [1.54, 1.807) is 6.07 Å². The first-order valence-electron chi connectivity index (χ1n) is 6.57. The van der Waals surface area contributed by atoms with E-state index in [1.165, 1.54) is 12.1 Å². The minimum Gasteiger partial charge on any atom is -0.478 e. The van der Waals surface area contributed by atoms with Crippen molar-refractivity contribution >= 4 is 29.5 Å². The van der Waals surface area contributed by atoms with Crippen molar-refractivity contribution in [2.24, 2.45) is 0 Å². The summed E-state index contributed by atoms with van der Waals surface area (Å²) < 4.78 is 14.0. The molecule has 1 N–H and O–H groups in total. The summed E-state index contributed by atoms with van der Waals surface area (Å²) >= 11 is 1.92. The third-order valence-electron chi connectivity index (χ3n) is 3.18. The molecule has 20 heavy (non-hydrogen) atoms. The molecule has 0 saturated carbocycles. The topological polar surface area (TPSA) is 40.5 Å². The molecule has 5 heteroatoms. The highest BCUT2D eigenvalue weighted by Crippen LogP contribution is 2.32. The monoisotopic (exact) mass is 295 g/mol. The Morgan fingerprint density at radius 2 is 2.05 bits per heavy atom. The van der Waals surface area contributed by atoms with Crippen LogP contribution in [0.2, 0.25) is 0 Å². The van der Waals surface area contributed by atoms with Gasteiger partial charge in [-0.1, -0.05) is 19.9 Å². The maximum absolute atomic E-state index is 14.0. The number of nitrogens with zero attached hydrogens (tertiary/aromatic N) is 1. The molecule has 1 aliphatic heterocycles. The Balaban J connectivity index is 2.35. The molecular weight excluding hydrogens is 277 g/mol. The molecule has 0 radical (unpaired) electrons. The van der Waals surface area contributed by atoms with Gasteiger partial charge in [-0.25, -0.2) is 9.18 Å². The summed E-state index contributed by atoms with van der Waals surface area (Å²) in [7, 11) is 0. The minimum absolute atomic E-state index is 0.348. The van der Waals surface area contributed by atoms with E-state index in [2.05, 4.69) is 18.7 Å². The smallest absolute Gasteiger partial charge is 0.328 e. The molecular formula is C15H18FNO2S. The van der Waals surface area contributed by atoms with E-state index < -0.39 is 11.8 Å². The van der Waals surface area contributed by atoms with Crippen LogP contribution in [0.5, 0.6) is 0 Å². The lowest BCUT2D eigenvalue weighted by Crippen LogP contribution is -2.40. The van der Waals surface area contributed by atoms with Crippen molar-refractivity contribution in [1.29, 1.82) is 0 Å². The first-order valence-corrected chi connectivity index (χ1v) is 7.51. The van der Waals surface area contributed by atoms with Gasteiger partial charge in [-0.05, 0) is 18.2 Å². The normalized spacial score (nSPS) is 23.2. The Labute approximate surface area is 122 Å². The number of carboxylic acids is 1. The SMILES string of the molecule is CC1CN(c2cccc(F)c2/C=C/C(=O)O)CC(C)S1. The van der Waals surface area contributed by atoms with Crippen LogP contribution < -0.4 is 4.90 Å². The molecule has 0 aliphatic carbocycles. The van der Waals surface area contributed by atoms with Gasteiger partial charge in [0.2, 0.25) is 0 Å². The highest BCUT2D eigenvalue weighted by molar-refractivity contribution is 8.00. The van der Waals surface area contributed by atoms with Crippen molar-refractivity contribution in [3.63, 3.8) is 0 Å². The van der Waals surface area contributed by atoms with Crippen LogP contribution in [0.25, 0.3) is 6.08 Å². The van der Waals surface area contributed by atoms with Crippen molar-refractivity contribution in [1.82, 2.24) is 0 Å². The van der Waals surface area contributed by atoms with E-state index in [0.29, 0.717) is 16.1 Å². The Kier molecular flexibility index (Phi) is 4.70. The molecule has 0 aromatic heterocycles. The van der Waals surface area contributed by atoms with Gasteiger partial charge in [-0.2, -0.15) is 11.8 Å². The standard InChI is InChI=1S/C15H18FNO2S/c1-10-8-17(9-11(2)20-10)14-5-3-4-13(16)12(14)6-7-15(18)19/h3-7,10-11H,8-9H2,1-2H3,(H,18,19)/b7-6+. The number of hydrogen-bond acceptors (Lipinski definition) is 3. The Morgan fingerprint density at radius 3 is 2.65 bits per heavy atom. The summed E-state index contributed by atoms with van der Waals surface area (Å²) in [6, 6.07) is 4.87. The van der Waals surface area contributed by atoms with Crippen molar-refractivity contribution in [3.8, 4) is 0 Å². The largest absolute Gasteiger partial charge is 0.478 e. The quantitative estimate of drug-likeness (QED) is 0.869. The lowest BCUT2D eigenvalue weighted by atomic mass is 10.1. The fraction of sp³-hybridized carbons (Fsp3) is 0.400. The summed E-state index contributed by atoms with van der Waals surface area (Å²) in [4.78, 5) is 12.8. The number of aliphatic carboxylic acids is 1. The molecule has 1 heterocycles. The van der Waals surface area contributed by atoms with Crippen LogP contribution in [0.3, 0.4) is 0 Å².